The lowest BCUT2D eigenvalue weighted by atomic mass is 10.2. The fraction of sp³-hybridized carbons (Fsp3) is 0.471. The number of carbonyl (C=O) groups excluding carboxylic acids is 2. The Morgan fingerprint density at radius 3 is 2.62 bits per heavy atom. The summed E-state index contributed by atoms with van der Waals surface area (Å²) in [5, 5.41) is 9.18. The van der Waals surface area contributed by atoms with Gasteiger partial charge in [0.25, 0.3) is 0 Å². The molecule has 0 radical (unpaired) electrons. The standard InChI is InChI=1S/C17H22N2O5/c1-13(20)18(11-14-5-3-2-4-6-14)8-7-16(21)19-9-10-24-12-15(19)17(22)23/h2-6,15H,7-12H2,1H3,(H,22,23). The second-order valence-electron chi connectivity index (χ2n) is 5.69. The summed E-state index contributed by atoms with van der Waals surface area (Å²) in [6.07, 6.45) is 0.0934. The van der Waals surface area contributed by atoms with Crippen molar-refractivity contribution >= 4 is 17.8 Å². The van der Waals surface area contributed by atoms with E-state index in [-0.39, 0.29) is 37.9 Å². The van der Waals surface area contributed by atoms with E-state index in [1.807, 2.05) is 30.3 Å². The molecular weight excluding hydrogens is 312 g/mol. The molecule has 0 bridgehead atoms. The third kappa shape index (κ3) is 4.79. The average molecular weight is 334 g/mol. The van der Waals surface area contributed by atoms with Gasteiger partial charge in [0.1, 0.15) is 0 Å². The third-order valence-corrected chi connectivity index (χ3v) is 3.99. The number of ether oxygens (including phenoxy) is 1. The van der Waals surface area contributed by atoms with E-state index in [1.165, 1.54) is 11.8 Å². The fourth-order valence-electron chi connectivity index (χ4n) is 2.63. The molecule has 130 valence electrons. The van der Waals surface area contributed by atoms with Gasteiger partial charge in [0.15, 0.2) is 6.04 Å². The minimum absolute atomic E-state index is 0.00150. The molecule has 1 heterocycles. The van der Waals surface area contributed by atoms with Gasteiger partial charge < -0.3 is 19.6 Å². The molecule has 24 heavy (non-hydrogen) atoms. The van der Waals surface area contributed by atoms with E-state index < -0.39 is 12.0 Å². The van der Waals surface area contributed by atoms with Gasteiger partial charge in [-0.25, -0.2) is 4.79 Å². The number of aliphatic carboxylic acids is 1. The van der Waals surface area contributed by atoms with Crippen molar-refractivity contribution < 1.29 is 24.2 Å². The summed E-state index contributed by atoms with van der Waals surface area (Å²) in [4.78, 5) is 38.3. The Bertz CT molecular complexity index is 590. The van der Waals surface area contributed by atoms with Crippen molar-refractivity contribution in [3.63, 3.8) is 0 Å². The molecule has 2 amide bonds. The van der Waals surface area contributed by atoms with Crippen molar-refractivity contribution in [3.8, 4) is 0 Å². The maximum Gasteiger partial charge on any atom is 0.328 e. The minimum Gasteiger partial charge on any atom is -0.480 e. The van der Waals surface area contributed by atoms with Crippen LogP contribution in [0, 0.1) is 0 Å². The number of morpholine rings is 1. The summed E-state index contributed by atoms with van der Waals surface area (Å²) < 4.78 is 5.13. The van der Waals surface area contributed by atoms with E-state index in [4.69, 9.17) is 4.74 Å². The summed E-state index contributed by atoms with van der Waals surface area (Å²) >= 11 is 0. The van der Waals surface area contributed by atoms with Gasteiger partial charge in [-0.15, -0.1) is 0 Å². The van der Waals surface area contributed by atoms with Crippen LogP contribution in [-0.2, 0) is 25.7 Å². The largest absolute Gasteiger partial charge is 0.480 e. The number of hydrogen-bond donors (Lipinski definition) is 1. The summed E-state index contributed by atoms with van der Waals surface area (Å²) in [6.45, 7) is 2.73. The van der Waals surface area contributed by atoms with E-state index in [9.17, 15) is 19.5 Å². The lowest BCUT2D eigenvalue weighted by Gasteiger charge is -2.33. The maximum atomic E-state index is 12.4. The first-order valence-corrected chi connectivity index (χ1v) is 7.88. The Morgan fingerprint density at radius 2 is 2.00 bits per heavy atom. The van der Waals surface area contributed by atoms with Gasteiger partial charge in [0, 0.05) is 33.0 Å². The molecule has 1 fully saturated rings. The van der Waals surface area contributed by atoms with Crippen molar-refractivity contribution in [2.75, 3.05) is 26.3 Å². The van der Waals surface area contributed by atoms with Crippen molar-refractivity contribution in [3.05, 3.63) is 35.9 Å². The first kappa shape index (κ1) is 17.9. The van der Waals surface area contributed by atoms with Crippen LogP contribution in [0.25, 0.3) is 0 Å². The molecule has 1 unspecified atom stereocenters. The fourth-order valence-corrected chi connectivity index (χ4v) is 2.63. The molecular formula is C17H22N2O5. The van der Waals surface area contributed by atoms with Crippen LogP contribution in [-0.4, -0.2) is 65.0 Å². The Labute approximate surface area is 140 Å². The normalized spacial score (nSPS) is 17.4. The van der Waals surface area contributed by atoms with Gasteiger partial charge in [0.05, 0.1) is 13.2 Å². The number of benzene rings is 1. The van der Waals surface area contributed by atoms with Gasteiger partial charge in [-0.1, -0.05) is 30.3 Å². The highest BCUT2D eigenvalue weighted by molar-refractivity contribution is 5.84. The summed E-state index contributed by atoms with van der Waals surface area (Å²) in [7, 11) is 0. The van der Waals surface area contributed by atoms with Crippen molar-refractivity contribution in [2.24, 2.45) is 0 Å². The van der Waals surface area contributed by atoms with Crippen LogP contribution < -0.4 is 0 Å². The number of hydrogen-bond acceptors (Lipinski definition) is 4. The van der Waals surface area contributed by atoms with Crippen LogP contribution in [0.3, 0.4) is 0 Å². The predicted molar refractivity (Wildman–Crippen MR) is 86.1 cm³/mol. The highest BCUT2D eigenvalue weighted by Crippen LogP contribution is 2.11. The van der Waals surface area contributed by atoms with Gasteiger partial charge in [-0.3, -0.25) is 9.59 Å². The number of nitrogens with zero attached hydrogens (tertiary/aromatic N) is 2. The molecule has 1 aliphatic heterocycles. The predicted octanol–water partition coefficient (Wildman–Crippen LogP) is 0.737. The molecule has 0 spiro atoms. The van der Waals surface area contributed by atoms with E-state index in [1.54, 1.807) is 4.90 Å². The molecule has 7 heteroatoms. The van der Waals surface area contributed by atoms with Crippen LogP contribution in [0.4, 0.5) is 0 Å². The van der Waals surface area contributed by atoms with Crippen molar-refractivity contribution in [2.45, 2.75) is 25.9 Å². The second kappa shape index (κ2) is 8.44. The van der Waals surface area contributed by atoms with Crippen LogP contribution in [0.1, 0.15) is 18.9 Å². The van der Waals surface area contributed by atoms with Gasteiger partial charge >= 0.3 is 5.97 Å². The molecule has 7 nitrogen and oxygen atoms in total. The lowest BCUT2D eigenvalue weighted by molar-refractivity contribution is -0.158. The molecule has 0 aromatic heterocycles. The Balaban J connectivity index is 1.94. The van der Waals surface area contributed by atoms with Crippen LogP contribution in [0.2, 0.25) is 0 Å². The zero-order chi connectivity index (χ0) is 17.5. The maximum absolute atomic E-state index is 12.4. The number of rotatable bonds is 6. The molecule has 0 saturated carbocycles. The quantitative estimate of drug-likeness (QED) is 0.829. The molecule has 1 aliphatic rings. The monoisotopic (exact) mass is 334 g/mol. The van der Waals surface area contributed by atoms with Crippen molar-refractivity contribution in [1.82, 2.24) is 9.80 Å². The zero-order valence-corrected chi connectivity index (χ0v) is 13.7. The zero-order valence-electron chi connectivity index (χ0n) is 13.7. The minimum atomic E-state index is -1.07. The Morgan fingerprint density at radius 1 is 1.29 bits per heavy atom. The van der Waals surface area contributed by atoms with E-state index in [2.05, 4.69) is 0 Å². The van der Waals surface area contributed by atoms with Crippen LogP contribution >= 0.6 is 0 Å². The molecule has 1 atom stereocenters. The topological polar surface area (TPSA) is 87.2 Å². The number of carbonyl (C=O) groups is 3. The smallest absolute Gasteiger partial charge is 0.328 e. The molecule has 2 rings (SSSR count). The highest BCUT2D eigenvalue weighted by atomic mass is 16.5. The van der Waals surface area contributed by atoms with Gasteiger partial charge in [-0.05, 0) is 5.56 Å². The number of carboxylic acid groups (broad SMARTS) is 1. The number of amides is 2. The third-order valence-electron chi connectivity index (χ3n) is 3.99. The van der Waals surface area contributed by atoms with Crippen LogP contribution in [0.15, 0.2) is 30.3 Å². The van der Waals surface area contributed by atoms with Gasteiger partial charge in [-0.2, -0.15) is 0 Å². The van der Waals surface area contributed by atoms with E-state index >= 15 is 0 Å². The molecule has 1 aromatic rings. The van der Waals surface area contributed by atoms with E-state index in [0.717, 1.165) is 5.56 Å². The Kier molecular flexibility index (Phi) is 6.31. The highest BCUT2D eigenvalue weighted by Gasteiger charge is 2.32. The first-order chi connectivity index (χ1) is 11.5. The number of carboxylic acids is 1. The van der Waals surface area contributed by atoms with Crippen molar-refractivity contribution in [1.29, 1.82) is 0 Å². The lowest BCUT2D eigenvalue weighted by Crippen LogP contribution is -2.53. The SMILES string of the molecule is CC(=O)N(CCC(=O)N1CCOCC1C(=O)O)Cc1ccccc1. The van der Waals surface area contributed by atoms with Gasteiger partial charge in [0.2, 0.25) is 11.8 Å². The van der Waals surface area contributed by atoms with Crippen LogP contribution in [0.5, 0.6) is 0 Å². The van der Waals surface area contributed by atoms with E-state index in [0.29, 0.717) is 13.2 Å². The summed E-state index contributed by atoms with van der Waals surface area (Å²) in [5.74, 6) is -1.47. The Hall–Kier alpha value is -2.41. The molecule has 1 aromatic carbocycles. The molecule has 1 saturated heterocycles. The average Bonchev–Trinajstić information content (AvgIpc) is 2.58. The molecule has 1 N–H and O–H groups in total. The summed E-state index contributed by atoms with van der Waals surface area (Å²) in [5.41, 5.74) is 0.981. The molecule has 0 aliphatic carbocycles. The first-order valence-electron chi connectivity index (χ1n) is 7.88. The second-order valence-corrected chi connectivity index (χ2v) is 5.69. The summed E-state index contributed by atoms with van der Waals surface area (Å²) in [6, 6.07) is 8.57.